The summed E-state index contributed by atoms with van der Waals surface area (Å²) in [6, 6.07) is 0. The Morgan fingerprint density at radius 1 is 1.18 bits per heavy atom. The number of hydrogen-bond acceptors (Lipinski definition) is 3. The molecule has 0 amide bonds. The SMILES string of the molecule is Cl.O.[Ag].[Fe].[H-].[H-].[K+].[Na+].[O]=[Mn](=[O])(=[O])[OH]. The third-order valence-electron chi connectivity index (χ3n) is 0. The second-order valence-corrected chi connectivity index (χ2v) is 1.63. The first-order valence-electron chi connectivity index (χ1n) is 0.632. The molecule has 0 bridgehead atoms. The Bertz CT molecular complexity index is 156. The van der Waals surface area contributed by atoms with Crippen LogP contribution in [0.4, 0.5) is 0 Å². The molecule has 3 N–H and O–H groups in total. The van der Waals surface area contributed by atoms with Gasteiger partial charge >= 0.3 is 110 Å². The van der Waals surface area contributed by atoms with E-state index in [4.69, 9.17) is 15.7 Å². The fourth-order valence-electron chi connectivity index (χ4n) is 0. The molecule has 11 heteroatoms. The van der Waals surface area contributed by atoms with Crippen LogP contribution in [0.2, 0.25) is 0 Å². The summed E-state index contributed by atoms with van der Waals surface area (Å²) in [5, 5.41) is 0. The molecule has 11 heavy (non-hydrogen) atoms. The van der Waals surface area contributed by atoms with Crippen molar-refractivity contribution in [3.63, 3.8) is 0 Å². The third-order valence-corrected chi connectivity index (χ3v) is 0. The number of halogens is 1. The maximum absolute atomic E-state index is 8.69. The van der Waals surface area contributed by atoms with Crippen LogP contribution in [0.15, 0.2) is 0 Å². The summed E-state index contributed by atoms with van der Waals surface area (Å²) < 4.78 is 33.1. The van der Waals surface area contributed by atoms with Gasteiger partial charge in [0, 0.05) is 39.4 Å². The fourth-order valence-corrected chi connectivity index (χ4v) is 0. The molecule has 0 saturated carbocycles. The van der Waals surface area contributed by atoms with Crippen LogP contribution in [0.3, 0.4) is 0 Å². The Morgan fingerprint density at radius 3 is 1.18 bits per heavy atom. The van der Waals surface area contributed by atoms with E-state index in [-0.39, 0.29) is 141 Å². The zero-order chi connectivity index (χ0) is 4.50. The Labute approximate surface area is 166 Å². The first kappa shape index (κ1) is 45.9. The molecule has 1 radical (unpaired) electrons. The van der Waals surface area contributed by atoms with Gasteiger partial charge in [0.15, 0.2) is 0 Å². The van der Waals surface area contributed by atoms with Crippen LogP contribution in [0.5, 0.6) is 0 Å². The maximum atomic E-state index is 8.69. The van der Waals surface area contributed by atoms with E-state index in [1.807, 2.05) is 0 Å². The molecule has 0 aromatic carbocycles. The summed E-state index contributed by atoms with van der Waals surface area (Å²) in [6.45, 7) is 0. The predicted octanol–water partition coefficient (Wildman–Crippen LogP) is -7.09. The van der Waals surface area contributed by atoms with Crippen LogP contribution < -0.4 is 80.9 Å². The van der Waals surface area contributed by atoms with Crippen LogP contribution in [0.1, 0.15) is 2.85 Å². The molecule has 0 spiro atoms. The summed E-state index contributed by atoms with van der Waals surface area (Å²) in [4.78, 5) is 0. The van der Waals surface area contributed by atoms with Crippen LogP contribution >= 0.6 is 12.4 Å². The molecule has 71 valence electrons. The van der Waals surface area contributed by atoms with Crippen LogP contribution in [0.25, 0.3) is 0 Å². The minimum absolute atomic E-state index is 0. The monoisotopic (exact) mass is 401 g/mol. The van der Waals surface area contributed by atoms with Gasteiger partial charge in [0.1, 0.15) is 0 Å². The van der Waals surface area contributed by atoms with Crippen molar-refractivity contribution in [1.82, 2.24) is 0 Å². The van der Waals surface area contributed by atoms with Gasteiger partial charge in [0.05, 0.1) is 0 Å². The molecule has 5 nitrogen and oxygen atoms in total. The molecule has 0 saturated heterocycles. The second-order valence-electron chi connectivity index (χ2n) is 0.396. The molecular weight excluding hydrogens is 396 g/mol. The van der Waals surface area contributed by atoms with Gasteiger partial charge in [-0.2, -0.15) is 0 Å². The van der Waals surface area contributed by atoms with Gasteiger partial charge in [-0.3, -0.25) is 0 Å². The van der Waals surface area contributed by atoms with Gasteiger partial charge in [-0.15, -0.1) is 12.4 Å². The van der Waals surface area contributed by atoms with Gasteiger partial charge in [0.25, 0.3) is 0 Å². The van der Waals surface area contributed by atoms with Gasteiger partial charge in [-0.25, -0.2) is 0 Å². The topological polar surface area (TPSA) is 103 Å². The molecule has 0 aliphatic rings. The molecule has 0 aromatic rings. The van der Waals surface area contributed by atoms with Crippen molar-refractivity contribution in [2.75, 3.05) is 0 Å². The van der Waals surface area contributed by atoms with E-state index in [0.717, 1.165) is 0 Å². The zero-order valence-corrected chi connectivity index (χ0v) is 15.3. The van der Waals surface area contributed by atoms with Crippen molar-refractivity contribution in [2.45, 2.75) is 0 Å². The molecular formula is H6AgClFeKMnNaO5. The molecule has 0 atom stereocenters. The van der Waals surface area contributed by atoms with Crippen molar-refractivity contribution < 1.29 is 157 Å². The van der Waals surface area contributed by atoms with E-state index in [0.29, 0.717) is 0 Å². The summed E-state index contributed by atoms with van der Waals surface area (Å²) >= 11 is -5.38. The Morgan fingerprint density at radius 2 is 1.18 bits per heavy atom. The Hall–Kier alpha value is 4.03. The molecule has 0 aliphatic carbocycles. The van der Waals surface area contributed by atoms with Gasteiger partial charge in [0.2, 0.25) is 0 Å². The van der Waals surface area contributed by atoms with Crippen molar-refractivity contribution >= 4 is 12.4 Å². The summed E-state index contributed by atoms with van der Waals surface area (Å²) in [5.41, 5.74) is 0. The molecule has 0 aliphatic heterocycles. The van der Waals surface area contributed by atoms with Crippen LogP contribution in [-0.4, -0.2) is 9.67 Å². The average Bonchev–Trinajstić information content (AvgIpc) is 0.722. The van der Waals surface area contributed by atoms with Crippen LogP contribution in [-0.2, 0) is 63.9 Å². The van der Waals surface area contributed by atoms with E-state index in [1.54, 1.807) is 0 Å². The van der Waals surface area contributed by atoms with Gasteiger partial charge < -0.3 is 8.33 Å². The quantitative estimate of drug-likeness (QED) is 0.407. The standard InChI is InChI=1S/Ag.ClH.Fe.K.Mn.Na.2H2O.3O.2H/h;1H;;;;;2*1H2;;;;;/q;;;3*+1;;;;;;2*-1/p-1. The molecule has 0 unspecified atom stereocenters. The van der Waals surface area contributed by atoms with Crippen molar-refractivity contribution in [1.29, 1.82) is 0 Å². The first-order chi connectivity index (χ1) is 2.00. The molecule has 0 heterocycles. The molecule has 0 rings (SSSR count). The minimum atomic E-state index is -5.38. The first-order valence-corrected chi connectivity index (χ1v) is 2.61. The fraction of sp³-hybridized carbons (Fsp3) is 0. The average molecular weight is 402 g/mol. The normalized spacial score (nSPS) is 5.18. The van der Waals surface area contributed by atoms with Gasteiger partial charge in [-0.1, -0.05) is 0 Å². The number of rotatable bonds is 0. The van der Waals surface area contributed by atoms with Crippen LogP contribution in [0, 0.1) is 0 Å². The van der Waals surface area contributed by atoms with E-state index in [2.05, 4.69) is 0 Å². The summed E-state index contributed by atoms with van der Waals surface area (Å²) in [5.74, 6) is 0. The molecule has 0 aromatic heterocycles. The predicted molar refractivity (Wildman–Crippen MR) is 17.4 cm³/mol. The van der Waals surface area contributed by atoms with E-state index in [9.17, 15) is 0 Å². The Kier molecular flexibility index (Phi) is 98.8. The summed E-state index contributed by atoms with van der Waals surface area (Å²) in [7, 11) is 0. The second kappa shape index (κ2) is 23.7. The van der Waals surface area contributed by atoms with E-state index in [1.165, 1.54) is 0 Å². The molecule has 0 fully saturated rings. The van der Waals surface area contributed by atoms with Crippen molar-refractivity contribution in [3.8, 4) is 0 Å². The van der Waals surface area contributed by atoms with Crippen molar-refractivity contribution in [3.05, 3.63) is 0 Å². The van der Waals surface area contributed by atoms with E-state index >= 15 is 0 Å². The Balaban J connectivity index is -0.00000000286. The van der Waals surface area contributed by atoms with E-state index < -0.39 is 13.0 Å². The summed E-state index contributed by atoms with van der Waals surface area (Å²) in [6.07, 6.45) is 0. The zero-order valence-electron chi connectivity index (χ0n) is 7.61. The third kappa shape index (κ3) is 125. The number of hydrogen-bond donors (Lipinski definition) is 1. The van der Waals surface area contributed by atoms with Crippen molar-refractivity contribution in [2.24, 2.45) is 0 Å². The van der Waals surface area contributed by atoms with Gasteiger partial charge in [-0.05, 0) is 0 Å².